The second kappa shape index (κ2) is 10.9. The number of carbonyl (C=O) groups is 2. The zero-order chi connectivity index (χ0) is 19.5. The van der Waals surface area contributed by atoms with Gasteiger partial charge >= 0.3 is 5.97 Å². The third-order valence-electron chi connectivity index (χ3n) is 3.53. The van der Waals surface area contributed by atoms with Crippen molar-refractivity contribution >= 4 is 29.3 Å². The lowest BCUT2D eigenvalue weighted by molar-refractivity contribution is -0.137. The maximum atomic E-state index is 12.0. The van der Waals surface area contributed by atoms with Crippen LogP contribution >= 0.6 is 11.8 Å². The summed E-state index contributed by atoms with van der Waals surface area (Å²) in [6, 6.07) is 16.3. The van der Waals surface area contributed by atoms with Crippen LogP contribution in [-0.4, -0.2) is 29.3 Å². The average molecular weight is 384 g/mol. The molecule has 0 heterocycles. The lowest BCUT2D eigenvalue weighted by Gasteiger charge is -2.08. The summed E-state index contributed by atoms with van der Waals surface area (Å²) in [6.07, 6.45) is 0.526. The molecule has 0 aromatic heterocycles. The van der Waals surface area contributed by atoms with E-state index in [0.29, 0.717) is 41.5 Å². The van der Waals surface area contributed by atoms with Crippen LogP contribution in [0.15, 0.2) is 48.5 Å². The molecule has 0 atom stereocenters. The summed E-state index contributed by atoms with van der Waals surface area (Å²) in [5.74, 6) is 0.724. The van der Waals surface area contributed by atoms with Gasteiger partial charge < -0.3 is 15.2 Å². The molecule has 6 nitrogen and oxygen atoms in total. The number of hydrogen-bond donors (Lipinski definition) is 2. The van der Waals surface area contributed by atoms with Crippen molar-refractivity contribution < 1.29 is 19.4 Å². The number of amides is 1. The van der Waals surface area contributed by atoms with Crippen molar-refractivity contribution in [2.45, 2.75) is 18.6 Å². The van der Waals surface area contributed by atoms with Gasteiger partial charge in [-0.2, -0.15) is 5.26 Å². The molecule has 140 valence electrons. The van der Waals surface area contributed by atoms with Gasteiger partial charge in [0, 0.05) is 17.9 Å². The highest BCUT2D eigenvalue weighted by Crippen LogP contribution is 2.17. The molecule has 0 saturated carbocycles. The second-order valence-electron chi connectivity index (χ2n) is 5.72. The number of rotatable bonds is 10. The Hall–Kier alpha value is -2.98. The molecule has 0 bridgehead atoms. The van der Waals surface area contributed by atoms with E-state index in [9.17, 15) is 9.59 Å². The highest BCUT2D eigenvalue weighted by Gasteiger charge is 2.04. The van der Waals surface area contributed by atoms with Gasteiger partial charge in [0.25, 0.3) is 0 Å². The summed E-state index contributed by atoms with van der Waals surface area (Å²) in [7, 11) is 0. The third-order valence-corrected chi connectivity index (χ3v) is 4.53. The molecule has 2 N–H and O–H groups in total. The van der Waals surface area contributed by atoms with Crippen LogP contribution in [0.1, 0.15) is 24.0 Å². The molecule has 0 unspecified atom stereocenters. The highest BCUT2D eigenvalue weighted by molar-refractivity contribution is 7.99. The lowest BCUT2D eigenvalue weighted by atomic mass is 10.2. The average Bonchev–Trinajstić information content (AvgIpc) is 2.67. The Morgan fingerprint density at radius 1 is 1.11 bits per heavy atom. The smallest absolute Gasteiger partial charge is 0.303 e. The van der Waals surface area contributed by atoms with E-state index in [1.165, 1.54) is 11.8 Å². The molecule has 2 rings (SSSR count). The van der Waals surface area contributed by atoms with Gasteiger partial charge in [-0.3, -0.25) is 9.59 Å². The minimum Gasteiger partial charge on any atom is -0.494 e. The molecule has 27 heavy (non-hydrogen) atoms. The van der Waals surface area contributed by atoms with E-state index in [4.69, 9.17) is 15.1 Å². The SMILES string of the molecule is N#Cc1ccc(CSCC(=O)Nc2ccc(OCCCC(=O)O)cc2)cc1. The Labute approximate surface area is 162 Å². The number of thioether (sulfide) groups is 1. The molecule has 0 aliphatic heterocycles. The Balaban J connectivity index is 1.68. The van der Waals surface area contributed by atoms with Crippen molar-refractivity contribution in [1.29, 1.82) is 5.26 Å². The van der Waals surface area contributed by atoms with Gasteiger partial charge in [-0.1, -0.05) is 12.1 Å². The van der Waals surface area contributed by atoms with Gasteiger partial charge in [0.2, 0.25) is 5.91 Å². The quantitative estimate of drug-likeness (QED) is 0.606. The number of ether oxygens (including phenoxy) is 1. The van der Waals surface area contributed by atoms with E-state index in [2.05, 4.69) is 11.4 Å². The van der Waals surface area contributed by atoms with Gasteiger partial charge in [-0.25, -0.2) is 0 Å². The molecular weight excluding hydrogens is 364 g/mol. The summed E-state index contributed by atoms with van der Waals surface area (Å²) < 4.78 is 5.45. The normalized spacial score (nSPS) is 10.0. The zero-order valence-electron chi connectivity index (χ0n) is 14.7. The number of anilines is 1. The lowest BCUT2D eigenvalue weighted by Crippen LogP contribution is -2.14. The van der Waals surface area contributed by atoms with Crippen LogP contribution < -0.4 is 10.1 Å². The minimum atomic E-state index is -0.839. The van der Waals surface area contributed by atoms with Gasteiger partial charge in [-0.15, -0.1) is 11.8 Å². The fraction of sp³-hybridized carbons (Fsp3) is 0.250. The fourth-order valence-corrected chi connectivity index (χ4v) is 2.97. The van der Waals surface area contributed by atoms with Crippen molar-refractivity contribution in [1.82, 2.24) is 0 Å². The summed E-state index contributed by atoms with van der Waals surface area (Å²) in [5, 5.41) is 20.2. The van der Waals surface area contributed by atoms with Crippen molar-refractivity contribution in [3.63, 3.8) is 0 Å². The largest absolute Gasteiger partial charge is 0.494 e. The van der Waals surface area contributed by atoms with Crippen molar-refractivity contribution in [2.24, 2.45) is 0 Å². The van der Waals surface area contributed by atoms with Crippen LogP contribution in [0.4, 0.5) is 5.69 Å². The van der Waals surface area contributed by atoms with Crippen LogP contribution in [0.3, 0.4) is 0 Å². The van der Waals surface area contributed by atoms with Crippen LogP contribution in [0.25, 0.3) is 0 Å². The first-order chi connectivity index (χ1) is 13.1. The number of nitrogens with zero attached hydrogens (tertiary/aromatic N) is 1. The van der Waals surface area contributed by atoms with Gasteiger partial charge in [0.1, 0.15) is 5.75 Å². The number of hydrogen-bond acceptors (Lipinski definition) is 5. The monoisotopic (exact) mass is 384 g/mol. The summed E-state index contributed by atoms with van der Waals surface area (Å²) in [4.78, 5) is 22.4. The molecule has 0 saturated heterocycles. The third kappa shape index (κ3) is 7.84. The number of aliphatic carboxylic acids is 1. The Morgan fingerprint density at radius 2 is 1.81 bits per heavy atom. The molecule has 0 aliphatic rings. The van der Waals surface area contributed by atoms with E-state index >= 15 is 0 Å². The van der Waals surface area contributed by atoms with E-state index < -0.39 is 5.97 Å². The predicted octanol–water partition coefficient (Wildman–Crippen LogP) is 3.67. The molecule has 2 aromatic carbocycles. The van der Waals surface area contributed by atoms with E-state index in [-0.39, 0.29) is 12.3 Å². The molecule has 2 aromatic rings. The van der Waals surface area contributed by atoms with E-state index in [1.807, 2.05) is 12.1 Å². The van der Waals surface area contributed by atoms with E-state index in [1.54, 1.807) is 36.4 Å². The standard InChI is InChI=1S/C20H20N2O4S/c21-12-15-3-5-16(6-4-15)13-27-14-19(23)22-17-7-9-18(10-8-17)26-11-1-2-20(24)25/h3-10H,1-2,11,13-14H2,(H,22,23)(H,24,25). The summed E-state index contributed by atoms with van der Waals surface area (Å²) in [5.41, 5.74) is 2.36. The Morgan fingerprint density at radius 3 is 2.44 bits per heavy atom. The number of carboxylic acid groups (broad SMARTS) is 1. The molecule has 0 aliphatic carbocycles. The second-order valence-corrected chi connectivity index (χ2v) is 6.71. The zero-order valence-corrected chi connectivity index (χ0v) is 15.5. The molecule has 0 radical (unpaired) electrons. The van der Waals surface area contributed by atoms with Crippen molar-refractivity contribution in [3.05, 3.63) is 59.7 Å². The number of carbonyl (C=O) groups excluding carboxylic acids is 1. The van der Waals surface area contributed by atoms with Crippen LogP contribution in [-0.2, 0) is 15.3 Å². The molecule has 7 heteroatoms. The van der Waals surface area contributed by atoms with E-state index in [0.717, 1.165) is 5.56 Å². The number of nitriles is 1. The Kier molecular flexibility index (Phi) is 8.20. The van der Waals surface area contributed by atoms with Gasteiger partial charge in [-0.05, 0) is 48.4 Å². The van der Waals surface area contributed by atoms with Crippen LogP contribution in [0, 0.1) is 11.3 Å². The molecule has 0 fully saturated rings. The molecular formula is C20H20N2O4S. The number of benzene rings is 2. The summed E-state index contributed by atoms with van der Waals surface area (Å²) in [6.45, 7) is 0.337. The highest BCUT2D eigenvalue weighted by atomic mass is 32.2. The maximum Gasteiger partial charge on any atom is 0.303 e. The van der Waals surface area contributed by atoms with Crippen LogP contribution in [0.2, 0.25) is 0 Å². The summed E-state index contributed by atoms with van der Waals surface area (Å²) >= 11 is 1.50. The van der Waals surface area contributed by atoms with Gasteiger partial charge in [0.05, 0.1) is 24.0 Å². The van der Waals surface area contributed by atoms with Crippen LogP contribution in [0.5, 0.6) is 5.75 Å². The Bertz CT molecular complexity index is 798. The minimum absolute atomic E-state index is 0.0777. The molecule has 1 amide bonds. The van der Waals surface area contributed by atoms with Gasteiger partial charge in [0.15, 0.2) is 0 Å². The fourth-order valence-electron chi connectivity index (χ4n) is 2.18. The molecule has 0 spiro atoms. The maximum absolute atomic E-state index is 12.0. The number of nitrogens with one attached hydrogen (secondary N) is 1. The topological polar surface area (TPSA) is 99.4 Å². The predicted molar refractivity (Wildman–Crippen MR) is 105 cm³/mol. The first-order valence-electron chi connectivity index (χ1n) is 8.38. The van der Waals surface area contributed by atoms with Crippen molar-refractivity contribution in [2.75, 3.05) is 17.7 Å². The first-order valence-corrected chi connectivity index (χ1v) is 9.53. The number of carboxylic acids is 1. The first kappa shape index (κ1) is 20.3. The van der Waals surface area contributed by atoms with Crippen molar-refractivity contribution in [3.8, 4) is 11.8 Å².